The Morgan fingerprint density at radius 1 is 1.10 bits per heavy atom. The van der Waals surface area contributed by atoms with Gasteiger partial charge in [-0.05, 0) is 26.2 Å². The Morgan fingerprint density at radius 2 is 2.00 bits per heavy atom. The molecule has 0 saturated carbocycles. The van der Waals surface area contributed by atoms with Gasteiger partial charge in [-0.3, -0.25) is 0 Å². The molecule has 108 valence electrons. The summed E-state index contributed by atoms with van der Waals surface area (Å²) in [5.74, 6) is 1.89. The maximum atomic E-state index is 5.45. The van der Waals surface area contributed by atoms with E-state index in [1.165, 1.54) is 6.42 Å². The lowest BCUT2D eigenvalue weighted by Gasteiger charge is -1.94. The second-order valence-electron chi connectivity index (χ2n) is 5.19. The van der Waals surface area contributed by atoms with Crippen LogP contribution in [0.25, 0.3) is 22.4 Å². The van der Waals surface area contributed by atoms with Crippen LogP contribution in [0, 0.1) is 6.92 Å². The van der Waals surface area contributed by atoms with E-state index in [-0.39, 0.29) is 0 Å². The number of fused-ring (bicyclic) bond motifs is 1. The van der Waals surface area contributed by atoms with Gasteiger partial charge in [0.15, 0.2) is 10.7 Å². The van der Waals surface area contributed by atoms with Gasteiger partial charge in [-0.15, -0.1) is 11.3 Å². The number of thiazole rings is 1. The predicted molar refractivity (Wildman–Crippen MR) is 76.9 cm³/mol. The summed E-state index contributed by atoms with van der Waals surface area (Å²) in [6.07, 6.45) is 7.22. The van der Waals surface area contributed by atoms with Gasteiger partial charge in [-0.25, -0.2) is 4.98 Å². The molecular formula is C14H14N4O2S. The Labute approximate surface area is 125 Å². The van der Waals surface area contributed by atoms with Crippen molar-refractivity contribution in [1.82, 2.24) is 20.3 Å². The minimum Gasteiger partial charge on any atom is -0.360 e. The smallest absolute Gasteiger partial charge is 0.280 e. The van der Waals surface area contributed by atoms with Crippen molar-refractivity contribution in [1.29, 1.82) is 0 Å². The molecule has 7 heteroatoms. The quantitative estimate of drug-likeness (QED) is 0.675. The summed E-state index contributed by atoms with van der Waals surface area (Å²) in [7, 11) is 0. The van der Waals surface area contributed by atoms with Gasteiger partial charge in [0, 0.05) is 23.1 Å². The van der Waals surface area contributed by atoms with Crippen LogP contribution >= 0.6 is 11.3 Å². The summed E-state index contributed by atoms with van der Waals surface area (Å²) in [6.45, 7) is 2.00. The van der Waals surface area contributed by atoms with E-state index in [4.69, 9.17) is 9.05 Å². The van der Waals surface area contributed by atoms with Crippen molar-refractivity contribution in [2.75, 3.05) is 0 Å². The minimum atomic E-state index is 0.421. The first-order chi connectivity index (χ1) is 10.3. The maximum absolute atomic E-state index is 5.45. The van der Waals surface area contributed by atoms with Crippen molar-refractivity contribution in [2.45, 2.75) is 39.0 Å². The predicted octanol–water partition coefficient (Wildman–Crippen LogP) is 3.43. The molecule has 0 amide bonds. The highest BCUT2D eigenvalue weighted by Gasteiger charge is 2.24. The monoisotopic (exact) mass is 302 g/mol. The van der Waals surface area contributed by atoms with E-state index < -0.39 is 0 Å². The molecule has 0 bridgehead atoms. The van der Waals surface area contributed by atoms with Crippen LogP contribution in [0.1, 0.15) is 35.5 Å². The molecule has 0 unspecified atom stereocenters. The molecule has 1 aliphatic rings. The maximum Gasteiger partial charge on any atom is 0.280 e. The first kappa shape index (κ1) is 12.7. The van der Waals surface area contributed by atoms with Crippen molar-refractivity contribution in [3.63, 3.8) is 0 Å². The van der Waals surface area contributed by atoms with Crippen LogP contribution in [0.2, 0.25) is 0 Å². The van der Waals surface area contributed by atoms with E-state index in [1.807, 2.05) is 6.92 Å². The zero-order valence-electron chi connectivity index (χ0n) is 11.6. The number of aryl methyl sites for hydroxylation is 2. The SMILES string of the molecule is Cc1cnc(-c2noc(-c3noc4c3CCCCC4)n2)s1. The molecule has 0 aromatic carbocycles. The van der Waals surface area contributed by atoms with Crippen LogP contribution < -0.4 is 0 Å². The Morgan fingerprint density at radius 3 is 2.86 bits per heavy atom. The first-order valence-electron chi connectivity index (χ1n) is 7.05. The highest BCUT2D eigenvalue weighted by Crippen LogP contribution is 2.31. The van der Waals surface area contributed by atoms with Crippen LogP contribution in [0.15, 0.2) is 15.2 Å². The van der Waals surface area contributed by atoms with Crippen molar-refractivity contribution >= 4 is 11.3 Å². The van der Waals surface area contributed by atoms with Gasteiger partial charge in [-0.2, -0.15) is 4.98 Å². The number of rotatable bonds is 2. The van der Waals surface area contributed by atoms with Gasteiger partial charge in [0.25, 0.3) is 5.89 Å². The lowest BCUT2D eigenvalue weighted by molar-refractivity contribution is 0.376. The third-order valence-electron chi connectivity index (χ3n) is 3.64. The molecule has 0 saturated heterocycles. The second kappa shape index (κ2) is 5.07. The van der Waals surface area contributed by atoms with Crippen molar-refractivity contribution in [3.05, 3.63) is 22.4 Å². The van der Waals surface area contributed by atoms with Crippen LogP contribution in [-0.4, -0.2) is 20.3 Å². The Bertz CT molecular complexity index is 774. The second-order valence-corrected chi connectivity index (χ2v) is 6.43. The molecule has 0 fully saturated rings. The molecule has 0 radical (unpaired) electrons. The standard InChI is InChI=1S/C14H14N4O2S/c1-8-7-15-14(21-8)12-16-13(20-18-12)11-9-5-3-2-4-6-10(9)19-17-11/h7H,2-6H2,1H3. The molecule has 0 atom stereocenters. The third kappa shape index (κ3) is 2.27. The molecule has 6 nitrogen and oxygen atoms in total. The fourth-order valence-corrected chi connectivity index (χ4v) is 3.28. The van der Waals surface area contributed by atoms with E-state index in [1.54, 1.807) is 17.5 Å². The fraction of sp³-hybridized carbons (Fsp3) is 0.429. The summed E-state index contributed by atoms with van der Waals surface area (Å²) < 4.78 is 10.8. The number of aromatic nitrogens is 4. The molecule has 3 aromatic heterocycles. The molecule has 4 rings (SSSR count). The van der Waals surface area contributed by atoms with E-state index in [9.17, 15) is 0 Å². The summed E-state index contributed by atoms with van der Waals surface area (Å²) in [5, 5.41) is 8.90. The number of hydrogen-bond donors (Lipinski definition) is 0. The number of nitrogens with zero attached hydrogens (tertiary/aromatic N) is 4. The largest absolute Gasteiger partial charge is 0.360 e. The summed E-state index contributed by atoms with van der Waals surface area (Å²) >= 11 is 1.54. The van der Waals surface area contributed by atoms with Crippen molar-refractivity contribution in [2.24, 2.45) is 0 Å². The van der Waals surface area contributed by atoms with E-state index in [0.717, 1.165) is 46.9 Å². The molecule has 0 aliphatic heterocycles. The van der Waals surface area contributed by atoms with Gasteiger partial charge in [-0.1, -0.05) is 16.7 Å². The minimum absolute atomic E-state index is 0.421. The molecule has 3 aromatic rings. The molecular weight excluding hydrogens is 288 g/mol. The highest BCUT2D eigenvalue weighted by molar-refractivity contribution is 7.14. The first-order valence-corrected chi connectivity index (χ1v) is 7.87. The molecule has 0 N–H and O–H groups in total. The zero-order valence-corrected chi connectivity index (χ0v) is 12.4. The summed E-state index contributed by atoms with van der Waals surface area (Å²) in [6, 6.07) is 0. The Hall–Kier alpha value is -2.02. The van der Waals surface area contributed by atoms with Crippen LogP contribution in [0.5, 0.6) is 0 Å². The molecule has 21 heavy (non-hydrogen) atoms. The van der Waals surface area contributed by atoms with Crippen LogP contribution in [0.4, 0.5) is 0 Å². The lowest BCUT2D eigenvalue weighted by Crippen LogP contribution is -1.89. The Balaban J connectivity index is 1.71. The van der Waals surface area contributed by atoms with Crippen LogP contribution in [0.3, 0.4) is 0 Å². The molecule has 0 spiro atoms. The summed E-state index contributed by atoms with van der Waals surface area (Å²) in [4.78, 5) is 9.81. The van der Waals surface area contributed by atoms with E-state index in [0.29, 0.717) is 17.4 Å². The topological polar surface area (TPSA) is 77.8 Å². The van der Waals surface area contributed by atoms with Crippen LogP contribution in [-0.2, 0) is 12.8 Å². The average Bonchev–Trinajstić information content (AvgIpc) is 3.16. The van der Waals surface area contributed by atoms with Gasteiger partial charge in [0.05, 0.1) is 0 Å². The van der Waals surface area contributed by atoms with E-state index >= 15 is 0 Å². The normalized spacial score (nSPS) is 14.9. The Kier molecular flexibility index (Phi) is 3.07. The average molecular weight is 302 g/mol. The van der Waals surface area contributed by atoms with Gasteiger partial charge in [0.2, 0.25) is 5.82 Å². The summed E-state index contributed by atoms with van der Waals surface area (Å²) in [5.41, 5.74) is 1.82. The molecule has 3 heterocycles. The highest BCUT2D eigenvalue weighted by atomic mass is 32.1. The zero-order chi connectivity index (χ0) is 14.2. The third-order valence-corrected chi connectivity index (χ3v) is 4.55. The van der Waals surface area contributed by atoms with Gasteiger partial charge < -0.3 is 9.05 Å². The van der Waals surface area contributed by atoms with Gasteiger partial charge >= 0.3 is 0 Å². The van der Waals surface area contributed by atoms with Gasteiger partial charge in [0.1, 0.15) is 5.76 Å². The fourth-order valence-electron chi connectivity index (χ4n) is 2.59. The van der Waals surface area contributed by atoms with Crippen molar-refractivity contribution in [3.8, 4) is 22.4 Å². The van der Waals surface area contributed by atoms with E-state index in [2.05, 4.69) is 20.3 Å². The lowest BCUT2D eigenvalue weighted by atomic mass is 10.1. The number of hydrogen-bond acceptors (Lipinski definition) is 7. The van der Waals surface area contributed by atoms with Crippen molar-refractivity contribution < 1.29 is 9.05 Å². The molecule has 1 aliphatic carbocycles.